The number of sulfone groups is 1. The number of rotatable bonds is 4. The van der Waals surface area contributed by atoms with Crippen LogP contribution in [-0.4, -0.2) is 24.6 Å². The van der Waals surface area contributed by atoms with E-state index in [-0.39, 0.29) is 11.4 Å². The van der Waals surface area contributed by atoms with Gasteiger partial charge in [0.2, 0.25) is 0 Å². The Hall–Kier alpha value is -2.08. The maximum atomic E-state index is 12.4. The number of hydrogen-bond acceptors (Lipinski definition) is 5. The Kier molecular flexibility index (Phi) is 5.43. The van der Waals surface area contributed by atoms with E-state index >= 15 is 0 Å². The Balaban J connectivity index is 2.88. The molecule has 1 N–H and O–H groups in total. The van der Waals surface area contributed by atoms with Gasteiger partial charge in [0.15, 0.2) is 15.5 Å². The molecule has 23 heavy (non-hydrogen) atoms. The number of nitrogens with one attached hydrogen (secondary N) is 1. The highest BCUT2D eigenvalue weighted by Gasteiger charge is 2.31. The average molecular weight is 347 g/mol. The van der Waals surface area contributed by atoms with Crippen LogP contribution in [0, 0.1) is 11.3 Å². The van der Waals surface area contributed by atoms with Gasteiger partial charge in [-0.25, -0.2) is 8.42 Å². The van der Waals surface area contributed by atoms with Crippen molar-refractivity contribution in [2.24, 2.45) is 5.10 Å². The third kappa shape index (κ3) is 5.25. The molecule has 0 amide bonds. The molecule has 0 atom stereocenters. The molecule has 0 fully saturated rings. The van der Waals surface area contributed by atoms with Crippen LogP contribution < -0.4 is 5.43 Å². The first-order valence-corrected chi connectivity index (χ1v) is 8.14. The Morgan fingerprint density at radius 3 is 2.13 bits per heavy atom. The second kappa shape index (κ2) is 6.58. The van der Waals surface area contributed by atoms with Crippen molar-refractivity contribution in [2.75, 3.05) is 11.2 Å². The number of nitriles is 1. The normalized spacial score (nSPS) is 13.5. The second-order valence-electron chi connectivity index (χ2n) is 5.73. The second-order valence-corrected chi connectivity index (χ2v) is 8.47. The highest BCUT2D eigenvalue weighted by Crippen LogP contribution is 2.29. The summed E-state index contributed by atoms with van der Waals surface area (Å²) in [5.41, 5.74) is 1.49. The molecule has 0 aromatic heterocycles. The van der Waals surface area contributed by atoms with E-state index in [1.54, 1.807) is 6.07 Å². The van der Waals surface area contributed by atoms with Crippen molar-refractivity contribution in [3.8, 4) is 6.07 Å². The molecule has 0 heterocycles. The van der Waals surface area contributed by atoms with Crippen LogP contribution >= 0.6 is 0 Å². The summed E-state index contributed by atoms with van der Waals surface area (Å²) in [4.78, 5) is 0. The van der Waals surface area contributed by atoms with Gasteiger partial charge in [-0.05, 0) is 45.0 Å². The molecule has 0 aliphatic carbocycles. The molecule has 9 heteroatoms. The molecule has 0 saturated heterocycles. The van der Waals surface area contributed by atoms with Gasteiger partial charge in [-0.15, -0.1) is 0 Å². The van der Waals surface area contributed by atoms with Crippen molar-refractivity contribution in [1.82, 2.24) is 0 Å². The first-order valence-electron chi connectivity index (χ1n) is 6.49. The predicted molar refractivity (Wildman–Crippen MR) is 81.7 cm³/mol. The van der Waals surface area contributed by atoms with Gasteiger partial charge in [0, 0.05) is 0 Å². The first kappa shape index (κ1) is 19.0. The van der Waals surface area contributed by atoms with Crippen LogP contribution in [0.25, 0.3) is 0 Å². The van der Waals surface area contributed by atoms with E-state index in [4.69, 9.17) is 5.26 Å². The predicted octanol–water partition coefficient (Wildman–Crippen LogP) is 3.21. The summed E-state index contributed by atoms with van der Waals surface area (Å²) in [7, 11) is -3.58. The fourth-order valence-electron chi connectivity index (χ4n) is 1.35. The molecular weight excluding hydrogens is 331 g/mol. The van der Waals surface area contributed by atoms with Gasteiger partial charge in [0.1, 0.15) is 11.8 Å². The number of halogens is 3. The van der Waals surface area contributed by atoms with E-state index < -0.39 is 32.1 Å². The van der Waals surface area contributed by atoms with Gasteiger partial charge >= 0.3 is 6.18 Å². The van der Waals surface area contributed by atoms with E-state index in [1.807, 2.05) is 0 Å². The minimum absolute atomic E-state index is 0.207. The van der Waals surface area contributed by atoms with Crippen LogP contribution in [0.1, 0.15) is 26.3 Å². The maximum absolute atomic E-state index is 12.4. The van der Waals surface area contributed by atoms with Gasteiger partial charge in [-0.2, -0.15) is 23.5 Å². The topological polar surface area (TPSA) is 82.3 Å². The summed E-state index contributed by atoms with van der Waals surface area (Å²) < 4.78 is 60.2. The number of hydrazone groups is 1. The average Bonchev–Trinajstić information content (AvgIpc) is 2.41. The first-order chi connectivity index (χ1) is 10.4. The molecule has 5 nitrogen and oxygen atoms in total. The van der Waals surface area contributed by atoms with Crippen LogP contribution in [0.4, 0.5) is 18.9 Å². The van der Waals surface area contributed by atoms with Gasteiger partial charge in [-0.1, -0.05) is 0 Å². The molecule has 0 spiro atoms. The molecule has 0 bridgehead atoms. The number of alkyl halides is 3. The number of nitrogens with zero attached hydrogens (tertiary/aromatic N) is 2. The smallest absolute Gasteiger partial charge is 0.278 e. The van der Waals surface area contributed by atoms with E-state index in [2.05, 4.69) is 10.5 Å². The molecule has 0 aliphatic heterocycles. The third-order valence-electron chi connectivity index (χ3n) is 2.92. The van der Waals surface area contributed by atoms with E-state index in [0.29, 0.717) is 0 Å². The lowest BCUT2D eigenvalue weighted by molar-refractivity contribution is -0.137. The highest BCUT2D eigenvalue weighted by molar-refractivity contribution is 7.93. The standard InChI is InChI=1S/C14H16F3N3O2S/c1-13(2,3)23(21,22)9-12(8-18)20-19-11-6-4-10(5-7-11)14(15,16)17/h4-7,19H,9H2,1-3H3/b20-12+. The zero-order chi connectivity index (χ0) is 17.9. The van der Waals surface area contributed by atoms with Gasteiger partial charge in [0.05, 0.1) is 16.0 Å². The van der Waals surface area contributed by atoms with Gasteiger partial charge in [-0.3, -0.25) is 5.43 Å². The molecule has 1 aromatic carbocycles. The zero-order valence-electron chi connectivity index (χ0n) is 12.8. The zero-order valence-corrected chi connectivity index (χ0v) is 13.6. The Morgan fingerprint density at radius 1 is 1.22 bits per heavy atom. The van der Waals surface area contributed by atoms with Crippen molar-refractivity contribution in [3.63, 3.8) is 0 Å². The van der Waals surface area contributed by atoms with E-state index in [9.17, 15) is 21.6 Å². The van der Waals surface area contributed by atoms with E-state index in [1.165, 1.54) is 20.8 Å². The van der Waals surface area contributed by atoms with Crippen LogP contribution in [0.5, 0.6) is 0 Å². The Labute approximate surface area is 132 Å². The molecule has 0 unspecified atom stereocenters. The summed E-state index contributed by atoms with van der Waals surface area (Å²) in [5, 5.41) is 12.6. The SMILES string of the molecule is CC(C)(C)S(=O)(=O)C/C(C#N)=N/Nc1ccc(C(F)(F)F)cc1. The summed E-state index contributed by atoms with van der Waals surface area (Å²) >= 11 is 0. The molecule has 0 saturated carbocycles. The Bertz CT molecular complexity index is 725. The summed E-state index contributed by atoms with van der Waals surface area (Å²) in [6.07, 6.45) is -4.44. The van der Waals surface area contributed by atoms with Crippen molar-refractivity contribution < 1.29 is 21.6 Å². The highest BCUT2D eigenvalue weighted by atomic mass is 32.2. The monoisotopic (exact) mass is 347 g/mol. The lowest BCUT2D eigenvalue weighted by atomic mass is 10.2. The Morgan fingerprint density at radius 2 is 1.74 bits per heavy atom. The van der Waals surface area contributed by atoms with E-state index in [0.717, 1.165) is 24.3 Å². The number of hydrogen-bond donors (Lipinski definition) is 1. The number of benzene rings is 1. The minimum Gasteiger partial charge on any atom is -0.278 e. The largest absolute Gasteiger partial charge is 0.416 e. The third-order valence-corrected chi connectivity index (χ3v) is 5.44. The van der Waals surface area contributed by atoms with Crippen molar-refractivity contribution in [2.45, 2.75) is 31.7 Å². The lowest BCUT2D eigenvalue weighted by Crippen LogP contribution is -2.33. The maximum Gasteiger partial charge on any atom is 0.416 e. The molecule has 0 radical (unpaired) electrons. The summed E-state index contributed by atoms with van der Waals surface area (Å²) in [6.45, 7) is 4.50. The fraction of sp³-hybridized carbons (Fsp3) is 0.429. The summed E-state index contributed by atoms with van der Waals surface area (Å²) in [5.74, 6) is -0.555. The van der Waals surface area contributed by atoms with Crippen LogP contribution in [-0.2, 0) is 16.0 Å². The molecule has 1 rings (SSSR count). The van der Waals surface area contributed by atoms with Gasteiger partial charge in [0.25, 0.3) is 0 Å². The molecule has 1 aromatic rings. The van der Waals surface area contributed by atoms with Crippen molar-refractivity contribution >= 4 is 21.2 Å². The molecular formula is C14H16F3N3O2S. The number of anilines is 1. The summed E-state index contributed by atoms with van der Waals surface area (Å²) in [6, 6.07) is 5.66. The van der Waals surface area contributed by atoms with Crippen molar-refractivity contribution in [3.05, 3.63) is 29.8 Å². The molecule has 0 aliphatic rings. The van der Waals surface area contributed by atoms with Crippen molar-refractivity contribution in [1.29, 1.82) is 5.26 Å². The quantitative estimate of drug-likeness (QED) is 0.670. The fourth-order valence-corrected chi connectivity index (χ4v) is 2.27. The van der Waals surface area contributed by atoms with Crippen LogP contribution in [0.3, 0.4) is 0 Å². The minimum atomic E-state index is -4.44. The lowest BCUT2D eigenvalue weighted by Gasteiger charge is -2.18. The van der Waals surface area contributed by atoms with Crippen LogP contribution in [0.15, 0.2) is 29.4 Å². The molecule has 126 valence electrons. The van der Waals surface area contributed by atoms with Crippen LogP contribution in [0.2, 0.25) is 0 Å². The van der Waals surface area contributed by atoms with Gasteiger partial charge < -0.3 is 0 Å².